The molecule has 6 nitrogen and oxygen atoms in total. The summed E-state index contributed by atoms with van der Waals surface area (Å²) in [5.41, 5.74) is 0.858. The van der Waals surface area contributed by atoms with Gasteiger partial charge >= 0.3 is 6.03 Å². The third-order valence-corrected chi connectivity index (χ3v) is 6.89. The molecule has 1 aliphatic heterocycles. The standard InChI is InChI=1S/C20H29N3O3S/c24-20(21-18-9-5-2-6-10-18)22-19-11-14-23(15-12-19)27(25,26)16-13-17-7-3-1-4-8-17/h1,3-4,7-8,13,16,18-19H,2,5-6,9-12,14-15H2,(H2,21,22,24). The minimum absolute atomic E-state index is 0.0261. The Morgan fingerprint density at radius 2 is 1.52 bits per heavy atom. The smallest absolute Gasteiger partial charge is 0.315 e. The van der Waals surface area contributed by atoms with Crippen LogP contribution in [0.3, 0.4) is 0 Å². The van der Waals surface area contributed by atoms with Crippen molar-refractivity contribution >= 4 is 22.1 Å². The first-order chi connectivity index (χ1) is 13.0. The van der Waals surface area contributed by atoms with Gasteiger partial charge in [0.2, 0.25) is 10.0 Å². The summed E-state index contributed by atoms with van der Waals surface area (Å²) in [6, 6.07) is 9.57. The number of carbonyl (C=O) groups excluding carboxylic acids is 1. The van der Waals surface area contributed by atoms with Crippen molar-refractivity contribution in [3.63, 3.8) is 0 Å². The fourth-order valence-corrected chi connectivity index (χ4v) is 4.95. The van der Waals surface area contributed by atoms with Gasteiger partial charge in [0.1, 0.15) is 0 Å². The molecule has 2 aliphatic rings. The van der Waals surface area contributed by atoms with Crippen molar-refractivity contribution in [2.24, 2.45) is 0 Å². The summed E-state index contributed by atoms with van der Waals surface area (Å²) in [6.45, 7) is 0.853. The van der Waals surface area contributed by atoms with E-state index in [0.717, 1.165) is 18.4 Å². The molecule has 3 rings (SSSR count). The molecule has 2 amide bonds. The second-order valence-electron chi connectivity index (χ2n) is 7.38. The van der Waals surface area contributed by atoms with Gasteiger partial charge in [0.25, 0.3) is 0 Å². The molecule has 0 atom stereocenters. The average Bonchev–Trinajstić information content (AvgIpc) is 2.68. The Morgan fingerprint density at radius 1 is 0.926 bits per heavy atom. The Kier molecular flexibility index (Phi) is 6.90. The van der Waals surface area contributed by atoms with Gasteiger partial charge in [-0.2, -0.15) is 4.31 Å². The molecule has 0 radical (unpaired) electrons. The van der Waals surface area contributed by atoms with Crippen LogP contribution in [0, 0.1) is 0 Å². The summed E-state index contributed by atoms with van der Waals surface area (Å²) in [5, 5.41) is 7.33. The lowest BCUT2D eigenvalue weighted by molar-refractivity contribution is 0.220. The number of carbonyl (C=O) groups is 1. The van der Waals surface area contributed by atoms with E-state index in [0.29, 0.717) is 25.9 Å². The summed E-state index contributed by atoms with van der Waals surface area (Å²) >= 11 is 0. The monoisotopic (exact) mass is 391 g/mol. The maximum Gasteiger partial charge on any atom is 0.315 e. The molecule has 1 aromatic rings. The first kappa shape index (κ1) is 19.9. The van der Waals surface area contributed by atoms with E-state index in [-0.39, 0.29) is 18.1 Å². The van der Waals surface area contributed by atoms with Gasteiger partial charge in [0.05, 0.1) is 0 Å². The Balaban J connectivity index is 1.45. The number of benzene rings is 1. The van der Waals surface area contributed by atoms with Crippen LogP contribution >= 0.6 is 0 Å². The lowest BCUT2D eigenvalue weighted by Crippen LogP contribution is -2.50. The Hall–Kier alpha value is -1.86. The second kappa shape index (κ2) is 9.37. The van der Waals surface area contributed by atoms with Gasteiger partial charge in [-0.15, -0.1) is 0 Å². The van der Waals surface area contributed by atoms with E-state index >= 15 is 0 Å². The first-order valence-electron chi connectivity index (χ1n) is 9.83. The van der Waals surface area contributed by atoms with Gasteiger partial charge in [-0.1, -0.05) is 49.6 Å². The Labute approximate surface area is 162 Å². The zero-order valence-corrected chi connectivity index (χ0v) is 16.5. The third kappa shape index (κ3) is 6.07. The summed E-state index contributed by atoms with van der Waals surface area (Å²) in [4.78, 5) is 12.2. The summed E-state index contributed by atoms with van der Waals surface area (Å²) in [7, 11) is -3.43. The van der Waals surface area contributed by atoms with Crippen LogP contribution in [0.1, 0.15) is 50.5 Å². The molecule has 1 heterocycles. The molecule has 0 aromatic heterocycles. The Morgan fingerprint density at radius 3 is 2.15 bits per heavy atom. The van der Waals surface area contributed by atoms with E-state index in [4.69, 9.17) is 0 Å². The zero-order valence-electron chi connectivity index (χ0n) is 15.6. The maximum absolute atomic E-state index is 12.5. The van der Waals surface area contributed by atoms with E-state index in [1.807, 2.05) is 30.3 Å². The minimum Gasteiger partial charge on any atom is -0.335 e. The second-order valence-corrected chi connectivity index (χ2v) is 9.20. The molecule has 2 N–H and O–H groups in total. The summed E-state index contributed by atoms with van der Waals surface area (Å²) < 4.78 is 26.5. The fourth-order valence-electron chi connectivity index (χ4n) is 3.73. The topological polar surface area (TPSA) is 78.5 Å². The number of hydrogen-bond donors (Lipinski definition) is 2. The number of amides is 2. The molecule has 7 heteroatoms. The number of nitrogens with zero attached hydrogens (tertiary/aromatic N) is 1. The number of nitrogens with one attached hydrogen (secondary N) is 2. The highest BCUT2D eigenvalue weighted by atomic mass is 32.2. The van der Waals surface area contributed by atoms with Crippen molar-refractivity contribution in [2.45, 2.75) is 57.0 Å². The number of urea groups is 1. The van der Waals surface area contributed by atoms with E-state index < -0.39 is 10.0 Å². The molecule has 1 aliphatic carbocycles. The lowest BCUT2D eigenvalue weighted by Gasteiger charge is -2.31. The van der Waals surface area contributed by atoms with Crippen molar-refractivity contribution in [1.82, 2.24) is 14.9 Å². The van der Waals surface area contributed by atoms with E-state index in [2.05, 4.69) is 10.6 Å². The molecule has 1 aromatic carbocycles. The number of rotatable bonds is 5. The molecular weight excluding hydrogens is 362 g/mol. The predicted octanol–water partition coefficient (Wildman–Crippen LogP) is 3.08. The molecule has 1 saturated carbocycles. The van der Waals surface area contributed by atoms with Crippen LogP contribution in [0.25, 0.3) is 6.08 Å². The quantitative estimate of drug-likeness (QED) is 0.810. The van der Waals surface area contributed by atoms with Crippen LogP contribution in [-0.4, -0.2) is 43.9 Å². The number of piperidine rings is 1. The normalized spacial score (nSPS) is 20.6. The summed E-state index contributed by atoms with van der Waals surface area (Å²) in [5.74, 6) is 0. The van der Waals surface area contributed by atoms with Crippen molar-refractivity contribution in [3.8, 4) is 0 Å². The molecule has 0 unspecified atom stereocenters. The van der Waals surface area contributed by atoms with Crippen molar-refractivity contribution < 1.29 is 13.2 Å². The van der Waals surface area contributed by atoms with Gasteiger partial charge in [-0.25, -0.2) is 13.2 Å². The molecule has 1 saturated heterocycles. The largest absolute Gasteiger partial charge is 0.335 e. The predicted molar refractivity (Wildman–Crippen MR) is 108 cm³/mol. The van der Waals surface area contributed by atoms with E-state index in [1.165, 1.54) is 29.0 Å². The van der Waals surface area contributed by atoms with Crippen LogP contribution in [0.4, 0.5) is 4.79 Å². The molecule has 0 spiro atoms. The number of hydrogen-bond acceptors (Lipinski definition) is 3. The highest BCUT2D eigenvalue weighted by Crippen LogP contribution is 2.18. The average molecular weight is 392 g/mol. The maximum atomic E-state index is 12.5. The third-order valence-electron chi connectivity index (χ3n) is 5.32. The van der Waals surface area contributed by atoms with Crippen molar-refractivity contribution in [2.75, 3.05) is 13.1 Å². The van der Waals surface area contributed by atoms with Crippen molar-refractivity contribution in [1.29, 1.82) is 0 Å². The molecule has 2 fully saturated rings. The molecular formula is C20H29N3O3S. The SMILES string of the molecule is O=C(NC1CCCCC1)NC1CCN(S(=O)(=O)C=Cc2ccccc2)CC1. The van der Waals surface area contributed by atoms with E-state index in [9.17, 15) is 13.2 Å². The van der Waals surface area contributed by atoms with Crippen LogP contribution in [0.2, 0.25) is 0 Å². The van der Waals surface area contributed by atoms with Crippen LogP contribution in [-0.2, 0) is 10.0 Å². The highest BCUT2D eigenvalue weighted by molar-refractivity contribution is 7.92. The van der Waals surface area contributed by atoms with Crippen LogP contribution in [0.15, 0.2) is 35.7 Å². The van der Waals surface area contributed by atoms with Gasteiger partial charge in [0, 0.05) is 30.6 Å². The van der Waals surface area contributed by atoms with Gasteiger partial charge in [-0.3, -0.25) is 0 Å². The van der Waals surface area contributed by atoms with Crippen LogP contribution < -0.4 is 10.6 Å². The van der Waals surface area contributed by atoms with Gasteiger partial charge in [0.15, 0.2) is 0 Å². The lowest BCUT2D eigenvalue weighted by atomic mass is 9.96. The van der Waals surface area contributed by atoms with Crippen LogP contribution in [0.5, 0.6) is 0 Å². The van der Waals surface area contributed by atoms with E-state index in [1.54, 1.807) is 6.08 Å². The minimum atomic E-state index is -3.43. The molecule has 148 valence electrons. The first-order valence-corrected chi connectivity index (χ1v) is 11.3. The number of sulfonamides is 1. The molecule has 27 heavy (non-hydrogen) atoms. The van der Waals surface area contributed by atoms with Gasteiger partial charge in [-0.05, 0) is 37.3 Å². The summed E-state index contributed by atoms with van der Waals surface area (Å²) in [6.07, 6.45) is 8.61. The van der Waals surface area contributed by atoms with Crippen molar-refractivity contribution in [3.05, 3.63) is 41.3 Å². The fraction of sp³-hybridized carbons (Fsp3) is 0.550. The Bertz CT molecular complexity index is 735. The highest BCUT2D eigenvalue weighted by Gasteiger charge is 2.27. The molecule has 0 bridgehead atoms. The zero-order chi connectivity index (χ0) is 19.1. The van der Waals surface area contributed by atoms with Gasteiger partial charge < -0.3 is 10.6 Å².